The van der Waals surface area contributed by atoms with Gasteiger partial charge in [-0.15, -0.1) is 10.2 Å². The van der Waals surface area contributed by atoms with Crippen LogP contribution in [0.25, 0.3) is 0 Å². The maximum atomic E-state index is 8.96. The molecule has 0 aliphatic rings. The first-order valence-electron chi connectivity index (χ1n) is 9.37. The lowest BCUT2D eigenvalue weighted by molar-refractivity contribution is 0.272. The standard InChI is InChI=1S/C22H25N5S/c1-4-20(26(2)3)21-24-25-22(27(21)15-18-8-6-5-7-9-18)28-16-19-12-10-17(14-23)11-13-19/h5-13,20H,4,15-16H2,1-3H3/t20-/m0/s1. The first-order valence-corrected chi connectivity index (χ1v) is 10.4. The van der Waals surface area contributed by atoms with Crippen LogP contribution in [-0.4, -0.2) is 33.8 Å². The van der Waals surface area contributed by atoms with Gasteiger partial charge in [0.15, 0.2) is 11.0 Å². The molecule has 0 radical (unpaired) electrons. The lowest BCUT2D eigenvalue weighted by Crippen LogP contribution is -2.23. The molecule has 2 aromatic carbocycles. The molecule has 0 amide bonds. The molecule has 0 unspecified atom stereocenters. The van der Waals surface area contributed by atoms with Crippen molar-refractivity contribution >= 4 is 11.8 Å². The molecule has 1 aromatic heterocycles. The van der Waals surface area contributed by atoms with E-state index in [-0.39, 0.29) is 6.04 Å². The van der Waals surface area contributed by atoms with Crippen molar-refractivity contribution in [2.75, 3.05) is 14.1 Å². The number of rotatable bonds is 8. The molecule has 1 heterocycles. The average molecular weight is 392 g/mol. The summed E-state index contributed by atoms with van der Waals surface area (Å²) in [7, 11) is 4.17. The van der Waals surface area contributed by atoms with Crippen LogP contribution >= 0.6 is 11.8 Å². The van der Waals surface area contributed by atoms with Gasteiger partial charge in [-0.1, -0.05) is 61.2 Å². The van der Waals surface area contributed by atoms with Gasteiger partial charge in [0.25, 0.3) is 0 Å². The number of nitriles is 1. The minimum absolute atomic E-state index is 0.223. The zero-order valence-corrected chi connectivity index (χ0v) is 17.4. The SMILES string of the molecule is CC[C@@H](c1nnc(SCc2ccc(C#N)cc2)n1Cc1ccccc1)N(C)C. The van der Waals surface area contributed by atoms with Crippen LogP contribution in [0.2, 0.25) is 0 Å². The van der Waals surface area contributed by atoms with Crippen LogP contribution in [0.15, 0.2) is 59.8 Å². The van der Waals surface area contributed by atoms with Crippen molar-refractivity contribution in [2.45, 2.75) is 36.8 Å². The van der Waals surface area contributed by atoms with Crippen LogP contribution in [0, 0.1) is 11.3 Å². The molecular formula is C22H25N5S. The molecule has 6 heteroatoms. The predicted molar refractivity (Wildman–Crippen MR) is 113 cm³/mol. The van der Waals surface area contributed by atoms with Crippen LogP contribution in [0.4, 0.5) is 0 Å². The molecule has 0 N–H and O–H groups in total. The van der Waals surface area contributed by atoms with Gasteiger partial charge < -0.3 is 4.57 Å². The summed E-state index contributed by atoms with van der Waals surface area (Å²) in [6.45, 7) is 2.93. The summed E-state index contributed by atoms with van der Waals surface area (Å²) in [4.78, 5) is 2.20. The molecule has 3 rings (SSSR count). The van der Waals surface area contributed by atoms with E-state index in [9.17, 15) is 0 Å². The van der Waals surface area contributed by atoms with Crippen LogP contribution < -0.4 is 0 Å². The number of nitrogens with zero attached hydrogens (tertiary/aromatic N) is 5. The molecule has 5 nitrogen and oxygen atoms in total. The van der Waals surface area contributed by atoms with Crippen molar-refractivity contribution in [2.24, 2.45) is 0 Å². The van der Waals surface area contributed by atoms with Gasteiger partial charge in [-0.2, -0.15) is 5.26 Å². The molecule has 0 aliphatic heterocycles. The van der Waals surface area contributed by atoms with E-state index in [2.05, 4.69) is 71.0 Å². The van der Waals surface area contributed by atoms with Gasteiger partial charge in [0.05, 0.1) is 24.2 Å². The van der Waals surface area contributed by atoms with Gasteiger partial charge in [-0.3, -0.25) is 4.90 Å². The summed E-state index contributed by atoms with van der Waals surface area (Å²) in [5, 5.41) is 18.9. The zero-order chi connectivity index (χ0) is 19.9. The minimum Gasteiger partial charge on any atom is -0.300 e. The smallest absolute Gasteiger partial charge is 0.191 e. The first kappa shape index (κ1) is 20.1. The Kier molecular flexibility index (Phi) is 6.85. The van der Waals surface area contributed by atoms with E-state index < -0.39 is 0 Å². The summed E-state index contributed by atoms with van der Waals surface area (Å²) in [6, 6.07) is 20.5. The Morgan fingerprint density at radius 1 is 1.04 bits per heavy atom. The lowest BCUT2D eigenvalue weighted by atomic mass is 10.2. The van der Waals surface area contributed by atoms with Gasteiger partial charge in [0.1, 0.15) is 0 Å². The topological polar surface area (TPSA) is 57.7 Å². The summed E-state index contributed by atoms with van der Waals surface area (Å²) < 4.78 is 2.23. The van der Waals surface area contributed by atoms with Crippen LogP contribution in [0.3, 0.4) is 0 Å². The predicted octanol–water partition coefficient (Wildman–Crippen LogP) is 4.50. The normalized spacial score (nSPS) is 12.1. The Bertz CT molecular complexity index is 926. The van der Waals surface area contributed by atoms with Crippen LogP contribution in [0.5, 0.6) is 0 Å². The van der Waals surface area contributed by atoms with Crippen molar-refractivity contribution in [3.63, 3.8) is 0 Å². The maximum Gasteiger partial charge on any atom is 0.191 e. The second-order valence-corrected chi connectivity index (χ2v) is 7.84. The van der Waals surface area contributed by atoms with Crippen molar-refractivity contribution in [1.82, 2.24) is 19.7 Å². The molecule has 28 heavy (non-hydrogen) atoms. The average Bonchev–Trinajstić information content (AvgIpc) is 3.10. The van der Waals surface area contributed by atoms with Gasteiger partial charge in [0.2, 0.25) is 0 Å². The Morgan fingerprint density at radius 2 is 1.75 bits per heavy atom. The van der Waals surface area contributed by atoms with E-state index in [1.807, 2.05) is 30.3 Å². The molecule has 0 saturated carbocycles. The highest BCUT2D eigenvalue weighted by Crippen LogP contribution is 2.28. The molecule has 0 spiro atoms. The van der Waals surface area contributed by atoms with Crippen molar-refractivity contribution < 1.29 is 0 Å². The van der Waals surface area contributed by atoms with Gasteiger partial charge >= 0.3 is 0 Å². The number of hydrogen-bond acceptors (Lipinski definition) is 5. The molecule has 0 saturated heterocycles. The van der Waals surface area contributed by atoms with E-state index in [1.54, 1.807) is 11.8 Å². The second kappa shape index (κ2) is 9.54. The third-order valence-electron chi connectivity index (χ3n) is 4.69. The Labute approximate surface area is 171 Å². The minimum atomic E-state index is 0.223. The monoisotopic (exact) mass is 391 g/mol. The van der Waals surface area contributed by atoms with Crippen molar-refractivity contribution in [3.8, 4) is 6.07 Å². The number of aromatic nitrogens is 3. The van der Waals surface area contributed by atoms with Crippen LogP contribution in [-0.2, 0) is 12.3 Å². The summed E-state index contributed by atoms with van der Waals surface area (Å²) in [5.74, 6) is 1.79. The molecule has 1 atom stereocenters. The lowest BCUT2D eigenvalue weighted by Gasteiger charge is -2.23. The van der Waals surface area contributed by atoms with E-state index in [1.165, 1.54) is 11.1 Å². The maximum absolute atomic E-state index is 8.96. The summed E-state index contributed by atoms with van der Waals surface area (Å²) in [6.07, 6.45) is 0.972. The Hall–Kier alpha value is -2.62. The number of benzene rings is 2. The summed E-state index contributed by atoms with van der Waals surface area (Å²) in [5.41, 5.74) is 3.08. The fourth-order valence-electron chi connectivity index (χ4n) is 3.17. The zero-order valence-electron chi connectivity index (χ0n) is 16.5. The largest absolute Gasteiger partial charge is 0.300 e. The van der Waals surface area contributed by atoms with Gasteiger partial charge in [0, 0.05) is 5.75 Å². The third kappa shape index (κ3) is 4.80. The van der Waals surface area contributed by atoms with Crippen molar-refractivity contribution in [1.29, 1.82) is 5.26 Å². The van der Waals surface area contributed by atoms with E-state index in [0.717, 1.165) is 29.7 Å². The third-order valence-corrected chi connectivity index (χ3v) is 5.73. The first-order chi connectivity index (χ1) is 13.6. The fraction of sp³-hybridized carbons (Fsp3) is 0.318. The quantitative estimate of drug-likeness (QED) is 0.529. The number of hydrogen-bond donors (Lipinski definition) is 0. The Balaban J connectivity index is 1.86. The van der Waals surface area contributed by atoms with E-state index in [4.69, 9.17) is 5.26 Å². The fourth-order valence-corrected chi connectivity index (χ4v) is 4.07. The molecule has 0 fully saturated rings. The van der Waals surface area contributed by atoms with Gasteiger partial charge in [-0.05, 0) is 43.8 Å². The molecule has 144 valence electrons. The highest BCUT2D eigenvalue weighted by molar-refractivity contribution is 7.98. The molecule has 3 aromatic rings. The Morgan fingerprint density at radius 3 is 2.36 bits per heavy atom. The van der Waals surface area contributed by atoms with E-state index >= 15 is 0 Å². The molecule has 0 bridgehead atoms. The van der Waals surface area contributed by atoms with Gasteiger partial charge in [-0.25, -0.2) is 0 Å². The second-order valence-electron chi connectivity index (χ2n) is 6.90. The van der Waals surface area contributed by atoms with Crippen LogP contribution in [0.1, 0.15) is 41.9 Å². The van der Waals surface area contributed by atoms with E-state index in [0.29, 0.717) is 5.56 Å². The molecular weight excluding hydrogens is 366 g/mol. The number of thioether (sulfide) groups is 1. The molecule has 0 aliphatic carbocycles. The summed E-state index contributed by atoms with van der Waals surface area (Å²) >= 11 is 1.68. The highest BCUT2D eigenvalue weighted by atomic mass is 32.2. The van der Waals surface area contributed by atoms with Crippen molar-refractivity contribution in [3.05, 3.63) is 77.1 Å². The highest BCUT2D eigenvalue weighted by Gasteiger charge is 2.22.